The zero-order chi connectivity index (χ0) is 14.4. The zero-order valence-electron chi connectivity index (χ0n) is 12.2. The number of anilines is 1. The molecule has 0 aliphatic heterocycles. The van der Waals surface area contributed by atoms with Gasteiger partial charge in [0.1, 0.15) is 0 Å². The van der Waals surface area contributed by atoms with Crippen LogP contribution in [0.5, 0.6) is 0 Å². The summed E-state index contributed by atoms with van der Waals surface area (Å²) < 4.78 is 1.15. The number of hydrogen-bond acceptors (Lipinski definition) is 1. The molecule has 2 rings (SSSR count). The van der Waals surface area contributed by atoms with E-state index in [2.05, 4.69) is 83.6 Å². The van der Waals surface area contributed by atoms with E-state index in [4.69, 9.17) is 0 Å². The predicted molar refractivity (Wildman–Crippen MR) is 91.2 cm³/mol. The third-order valence-electron chi connectivity index (χ3n) is 3.56. The highest BCUT2D eigenvalue weighted by molar-refractivity contribution is 9.10. The van der Waals surface area contributed by atoms with E-state index in [-0.39, 0.29) is 0 Å². The van der Waals surface area contributed by atoms with Crippen LogP contribution in [0.4, 0.5) is 5.69 Å². The van der Waals surface area contributed by atoms with E-state index in [0.717, 1.165) is 17.3 Å². The molecule has 0 radical (unpaired) electrons. The number of hydrogen-bond donors (Lipinski definition) is 1. The van der Waals surface area contributed by atoms with Crippen LogP contribution < -0.4 is 5.32 Å². The maximum Gasteiger partial charge on any atom is 0.0513 e. The van der Waals surface area contributed by atoms with Crippen molar-refractivity contribution in [3.8, 4) is 0 Å². The number of nitrogens with one attached hydrogen (secondary N) is 1. The SMILES string of the molecule is CCCC(Nc1ccc(Br)cc1CC)c1ccccc1. The van der Waals surface area contributed by atoms with Gasteiger partial charge in [-0.25, -0.2) is 0 Å². The molecule has 0 saturated carbocycles. The molecule has 2 aromatic rings. The van der Waals surface area contributed by atoms with E-state index in [0.29, 0.717) is 6.04 Å². The van der Waals surface area contributed by atoms with Gasteiger partial charge in [-0.15, -0.1) is 0 Å². The summed E-state index contributed by atoms with van der Waals surface area (Å²) in [7, 11) is 0. The Kier molecular flexibility index (Phi) is 5.66. The van der Waals surface area contributed by atoms with Crippen LogP contribution in [0.1, 0.15) is 43.9 Å². The van der Waals surface area contributed by atoms with Crippen molar-refractivity contribution >= 4 is 21.6 Å². The number of benzene rings is 2. The molecule has 0 bridgehead atoms. The average Bonchev–Trinajstić information content (AvgIpc) is 2.49. The second-order valence-corrected chi connectivity index (χ2v) is 5.97. The van der Waals surface area contributed by atoms with Gasteiger partial charge in [0.25, 0.3) is 0 Å². The fourth-order valence-electron chi connectivity index (χ4n) is 2.48. The average molecular weight is 332 g/mol. The fourth-order valence-corrected chi connectivity index (χ4v) is 2.89. The molecule has 0 heterocycles. The molecule has 1 N–H and O–H groups in total. The lowest BCUT2D eigenvalue weighted by atomic mass is 10.0. The van der Waals surface area contributed by atoms with Crippen molar-refractivity contribution in [1.82, 2.24) is 0 Å². The van der Waals surface area contributed by atoms with E-state index in [1.54, 1.807) is 0 Å². The molecular weight excluding hydrogens is 310 g/mol. The van der Waals surface area contributed by atoms with Crippen LogP contribution in [0.3, 0.4) is 0 Å². The van der Waals surface area contributed by atoms with E-state index in [9.17, 15) is 0 Å². The molecule has 0 saturated heterocycles. The van der Waals surface area contributed by atoms with Crippen LogP contribution in [0.25, 0.3) is 0 Å². The minimum Gasteiger partial charge on any atom is -0.378 e. The lowest BCUT2D eigenvalue weighted by molar-refractivity contribution is 0.676. The monoisotopic (exact) mass is 331 g/mol. The van der Waals surface area contributed by atoms with E-state index >= 15 is 0 Å². The van der Waals surface area contributed by atoms with Crippen molar-refractivity contribution in [2.75, 3.05) is 5.32 Å². The Bertz CT molecular complexity index is 536. The molecule has 0 amide bonds. The van der Waals surface area contributed by atoms with Gasteiger partial charge in [0.15, 0.2) is 0 Å². The molecule has 2 aromatic carbocycles. The molecule has 0 aliphatic rings. The third kappa shape index (κ3) is 3.86. The summed E-state index contributed by atoms with van der Waals surface area (Å²) in [5.41, 5.74) is 3.97. The minimum absolute atomic E-state index is 0.382. The van der Waals surface area contributed by atoms with Gasteiger partial charge in [-0.05, 0) is 42.2 Å². The predicted octanol–water partition coefficient (Wildman–Crippen LogP) is 5.96. The number of halogens is 1. The van der Waals surface area contributed by atoms with Crippen molar-refractivity contribution in [1.29, 1.82) is 0 Å². The Morgan fingerprint density at radius 3 is 2.45 bits per heavy atom. The molecule has 0 fully saturated rings. The van der Waals surface area contributed by atoms with Crippen LogP contribution in [-0.4, -0.2) is 0 Å². The highest BCUT2D eigenvalue weighted by atomic mass is 79.9. The topological polar surface area (TPSA) is 12.0 Å². The van der Waals surface area contributed by atoms with Crippen molar-refractivity contribution in [2.45, 2.75) is 39.2 Å². The quantitative estimate of drug-likeness (QED) is 0.688. The van der Waals surface area contributed by atoms with Crippen LogP contribution in [0.2, 0.25) is 0 Å². The number of rotatable bonds is 6. The van der Waals surface area contributed by atoms with Gasteiger partial charge >= 0.3 is 0 Å². The standard InChI is InChI=1S/C18H22BrN/c1-3-8-17(15-9-6-5-7-10-15)20-18-12-11-16(19)13-14(18)4-2/h5-7,9-13,17,20H,3-4,8H2,1-2H3. The van der Waals surface area contributed by atoms with E-state index < -0.39 is 0 Å². The van der Waals surface area contributed by atoms with Crippen LogP contribution >= 0.6 is 15.9 Å². The summed E-state index contributed by atoms with van der Waals surface area (Å²) in [5, 5.41) is 3.72. The maximum absolute atomic E-state index is 3.72. The smallest absolute Gasteiger partial charge is 0.0513 e. The third-order valence-corrected chi connectivity index (χ3v) is 4.05. The Labute approximate surface area is 130 Å². The van der Waals surface area contributed by atoms with Gasteiger partial charge in [-0.1, -0.05) is 66.5 Å². The Balaban J connectivity index is 2.24. The maximum atomic E-state index is 3.72. The summed E-state index contributed by atoms with van der Waals surface area (Å²) in [6, 6.07) is 17.6. The molecule has 0 aromatic heterocycles. The summed E-state index contributed by atoms with van der Waals surface area (Å²) in [4.78, 5) is 0. The van der Waals surface area contributed by atoms with E-state index in [1.165, 1.54) is 23.2 Å². The normalized spacial score (nSPS) is 12.2. The van der Waals surface area contributed by atoms with Gasteiger partial charge in [-0.3, -0.25) is 0 Å². The lowest BCUT2D eigenvalue weighted by Gasteiger charge is -2.22. The highest BCUT2D eigenvalue weighted by Crippen LogP contribution is 2.28. The number of aryl methyl sites for hydroxylation is 1. The highest BCUT2D eigenvalue weighted by Gasteiger charge is 2.11. The molecule has 106 valence electrons. The first-order valence-corrected chi connectivity index (χ1v) is 8.13. The van der Waals surface area contributed by atoms with Gasteiger partial charge in [0, 0.05) is 10.2 Å². The summed E-state index contributed by atoms with van der Waals surface area (Å²) in [5.74, 6) is 0. The summed E-state index contributed by atoms with van der Waals surface area (Å²) >= 11 is 3.55. The summed E-state index contributed by atoms with van der Waals surface area (Å²) in [6.45, 7) is 4.43. The van der Waals surface area contributed by atoms with Gasteiger partial charge in [0.2, 0.25) is 0 Å². The minimum atomic E-state index is 0.382. The van der Waals surface area contributed by atoms with Gasteiger partial charge in [0.05, 0.1) is 6.04 Å². The van der Waals surface area contributed by atoms with Crippen LogP contribution in [-0.2, 0) is 6.42 Å². The molecule has 20 heavy (non-hydrogen) atoms. The Hall–Kier alpha value is -1.28. The second-order valence-electron chi connectivity index (χ2n) is 5.05. The molecule has 0 aliphatic carbocycles. The van der Waals surface area contributed by atoms with Gasteiger partial charge < -0.3 is 5.32 Å². The van der Waals surface area contributed by atoms with E-state index in [1.807, 2.05) is 0 Å². The first kappa shape index (κ1) is 15.1. The molecule has 1 nitrogen and oxygen atoms in total. The lowest BCUT2D eigenvalue weighted by Crippen LogP contribution is -2.11. The molecule has 1 atom stereocenters. The van der Waals surface area contributed by atoms with Crippen LogP contribution in [0.15, 0.2) is 53.0 Å². The second kappa shape index (κ2) is 7.49. The molecule has 0 spiro atoms. The molecular formula is C18H22BrN. The first-order valence-electron chi connectivity index (χ1n) is 7.34. The first-order chi connectivity index (χ1) is 9.74. The molecule has 2 heteroatoms. The van der Waals surface area contributed by atoms with Crippen LogP contribution in [0, 0.1) is 0 Å². The van der Waals surface area contributed by atoms with Crippen molar-refractivity contribution in [3.63, 3.8) is 0 Å². The van der Waals surface area contributed by atoms with Gasteiger partial charge in [-0.2, -0.15) is 0 Å². The zero-order valence-corrected chi connectivity index (χ0v) is 13.8. The Morgan fingerprint density at radius 2 is 1.80 bits per heavy atom. The summed E-state index contributed by atoms with van der Waals surface area (Å²) in [6.07, 6.45) is 3.35. The fraction of sp³-hybridized carbons (Fsp3) is 0.333. The van der Waals surface area contributed by atoms with Crippen molar-refractivity contribution in [2.24, 2.45) is 0 Å². The van der Waals surface area contributed by atoms with Crippen molar-refractivity contribution < 1.29 is 0 Å². The van der Waals surface area contributed by atoms with Crippen molar-refractivity contribution in [3.05, 3.63) is 64.1 Å². The molecule has 1 unspecified atom stereocenters. The Morgan fingerprint density at radius 1 is 1.05 bits per heavy atom. The largest absolute Gasteiger partial charge is 0.378 e.